The molecule has 0 amide bonds. The monoisotopic (exact) mass is 578 g/mol. The molecule has 5 rings (SSSR count). The van der Waals surface area contributed by atoms with Crippen molar-refractivity contribution in [1.82, 2.24) is 15.0 Å². The molecule has 0 saturated carbocycles. The van der Waals surface area contributed by atoms with Gasteiger partial charge >= 0.3 is 0 Å². The smallest absolute Gasteiger partial charge is 0.269 e. The van der Waals surface area contributed by atoms with Crippen molar-refractivity contribution in [2.24, 2.45) is 5.10 Å². The summed E-state index contributed by atoms with van der Waals surface area (Å²) in [5.41, 5.74) is 4.80. The number of hydrogen-bond acceptors (Lipinski definition) is 12. The first-order valence-corrected chi connectivity index (χ1v) is 11.8. The van der Waals surface area contributed by atoms with Crippen LogP contribution in [0.4, 0.5) is 34.9 Å². The van der Waals surface area contributed by atoms with E-state index in [2.05, 4.69) is 52.0 Å². The van der Waals surface area contributed by atoms with Crippen LogP contribution < -0.4 is 30.3 Å². The number of ether oxygens (including phenoxy) is 3. The van der Waals surface area contributed by atoms with E-state index in [1.54, 1.807) is 49.7 Å². The van der Waals surface area contributed by atoms with E-state index in [4.69, 9.17) is 14.2 Å². The van der Waals surface area contributed by atoms with Gasteiger partial charge in [0.25, 0.3) is 5.69 Å². The molecule has 38 heavy (non-hydrogen) atoms. The second kappa shape index (κ2) is 11.0. The zero-order valence-corrected chi connectivity index (χ0v) is 21.3. The fourth-order valence-electron chi connectivity index (χ4n) is 3.33. The van der Waals surface area contributed by atoms with E-state index >= 15 is 0 Å². The SMILES string of the molecule is COc1ccc(Nc2nc(N/N=C/c3cc4c(cc3Br)OCO4)nc(Nc3ccc([N+](=O)[O-])cc3)n2)cc1. The number of rotatable bonds is 9. The molecule has 3 aromatic carbocycles. The lowest BCUT2D eigenvalue weighted by Gasteiger charge is -2.10. The van der Waals surface area contributed by atoms with Crippen molar-refractivity contribution < 1.29 is 19.1 Å². The van der Waals surface area contributed by atoms with Gasteiger partial charge in [0.1, 0.15) is 5.75 Å². The van der Waals surface area contributed by atoms with Crippen molar-refractivity contribution in [3.05, 3.63) is 80.8 Å². The molecule has 3 N–H and O–H groups in total. The minimum absolute atomic E-state index is 0.0283. The summed E-state index contributed by atoms with van der Waals surface area (Å²) < 4.78 is 16.8. The average Bonchev–Trinajstić information content (AvgIpc) is 3.36. The van der Waals surface area contributed by atoms with Crippen molar-refractivity contribution in [2.45, 2.75) is 0 Å². The summed E-state index contributed by atoms with van der Waals surface area (Å²) in [7, 11) is 1.59. The third-order valence-electron chi connectivity index (χ3n) is 5.18. The Balaban J connectivity index is 1.39. The van der Waals surface area contributed by atoms with Crippen LogP contribution in [-0.4, -0.2) is 40.0 Å². The summed E-state index contributed by atoms with van der Waals surface area (Å²) in [6.45, 7) is 0.167. The minimum Gasteiger partial charge on any atom is -0.497 e. The van der Waals surface area contributed by atoms with Crippen LogP contribution in [0.2, 0.25) is 0 Å². The number of nitro groups is 1. The fourth-order valence-corrected chi connectivity index (χ4v) is 3.75. The number of anilines is 5. The van der Waals surface area contributed by atoms with Crippen LogP contribution in [0.15, 0.2) is 70.2 Å². The fraction of sp³-hybridized carbons (Fsp3) is 0.0833. The molecule has 0 bridgehead atoms. The average molecular weight is 579 g/mol. The molecule has 0 unspecified atom stereocenters. The molecule has 0 atom stereocenters. The van der Waals surface area contributed by atoms with Gasteiger partial charge in [-0.3, -0.25) is 10.1 Å². The predicted molar refractivity (Wildman–Crippen MR) is 144 cm³/mol. The van der Waals surface area contributed by atoms with Gasteiger partial charge in [-0.05, 0) is 64.5 Å². The number of aromatic nitrogens is 3. The van der Waals surface area contributed by atoms with Gasteiger partial charge in [-0.25, -0.2) is 5.43 Å². The second-order valence-corrected chi connectivity index (χ2v) is 8.54. The Bertz CT molecular complexity index is 1500. The first-order chi connectivity index (χ1) is 18.5. The highest BCUT2D eigenvalue weighted by Crippen LogP contribution is 2.36. The Morgan fingerprint density at radius 1 is 0.947 bits per heavy atom. The quantitative estimate of drug-likeness (QED) is 0.136. The Kier molecular flexibility index (Phi) is 7.13. The highest BCUT2D eigenvalue weighted by Gasteiger charge is 2.15. The van der Waals surface area contributed by atoms with Crippen molar-refractivity contribution in [3.63, 3.8) is 0 Å². The predicted octanol–water partition coefficient (Wildman–Crippen LogP) is 5.21. The number of hydrogen-bond donors (Lipinski definition) is 3. The lowest BCUT2D eigenvalue weighted by Crippen LogP contribution is -2.07. The summed E-state index contributed by atoms with van der Waals surface area (Å²) in [4.78, 5) is 23.6. The summed E-state index contributed by atoms with van der Waals surface area (Å²) >= 11 is 3.49. The molecule has 1 aromatic heterocycles. The van der Waals surface area contributed by atoms with E-state index in [0.29, 0.717) is 22.9 Å². The number of methoxy groups -OCH3 is 1. The third kappa shape index (κ3) is 5.87. The Morgan fingerprint density at radius 3 is 2.13 bits per heavy atom. The van der Waals surface area contributed by atoms with E-state index in [1.165, 1.54) is 12.1 Å². The van der Waals surface area contributed by atoms with E-state index in [-0.39, 0.29) is 30.3 Å². The van der Waals surface area contributed by atoms with Crippen molar-refractivity contribution in [3.8, 4) is 17.2 Å². The maximum Gasteiger partial charge on any atom is 0.269 e. The molecule has 0 saturated heterocycles. The first kappa shape index (κ1) is 24.7. The minimum atomic E-state index is -0.470. The highest BCUT2D eigenvalue weighted by molar-refractivity contribution is 9.10. The molecule has 14 heteroatoms. The van der Waals surface area contributed by atoms with Crippen LogP contribution in [0.1, 0.15) is 5.56 Å². The maximum absolute atomic E-state index is 11.0. The molecule has 0 fully saturated rings. The molecule has 4 aromatic rings. The lowest BCUT2D eigenvalue weighted by molar-refractivity contribution is -0.384. The Morgan fingerprint density at radius 2 is 1.53 bits per heavy atom. The van der Waals surface area contributed by atoms with E-state index < -0.39 is 4.92 Å². The van der Waals surface area contributed by atoms with Crippen LogP contribution in [0.3, 0.4) is 0 Å². The molecule has 13 nitrogen and oxygen atoms in total. The molecule has 192 valence electrons. The van der Waals surface area contributed by atoms with Crippen molar-refractivity contribution in [2.75, 3.05) is 30.0 Å². The molecule has 1 aliphatic rings. The van der Waals surface area contributed by atoms with Gasteiger partial charge in [0.05, 0.1) is 18.2 Å². The maximum atomic E-state index is 11.0. The zero-order chi connectivity index (χ0) is 26.5. The molecular formula is C24H19BrN8O5. The Labute approximate surface area is 224 Å². The molecule has 1 aliphatic heterocycles. The number of fused-ring (bicyclic) bond motifs is 1. The zero-order valence-electron chi connectivity index (χ0n) is 19.7. The van der Waals surface area contributed by atoms with Crippen LogP contribution in [0, 0.1) is 10.1 Å². The van der Waals surface area contributed by atoms with Crippen molar-refractivity contribution >= 4 is 57.1 Å². The van der Waals surface area contributed by atoms with Gasteiger partial charge in [0.15, 0.2) is 11.5 Å². The number of halogens is 1. The van der Waals surface area contributed by atoms with Gasteiger partial charge in [-0.15, -0.1) is 0 Å². The van der Waals surface area contributed by atoms with Gasteiger partial charge < -0.3 is 24.8 Å². The standard InChI is InChI=1S/C24H19BrN8O5/c1-36-18-8-4-16(5-9-18)28-23-29-22(27-15-2-6-17(7-3-15)33(34)35)30-24(31-23)32-26-12-14-10-20-21(11-19(14)25)38-13-37-20/h2-12H,13H2,1H3,(H3,27,28,29,30,31,32)/b26-12+. The molecular weight excluding hydrogens is 560 g/mol. The van der Waals surface area contributed by atoms with Crippen LogP contribution in [-0.2, 0) is 0 Å². The topological polar surface area (TPSA) is 158 Å². The van der Waals surface area contributed by atoms with Crippen molar-refractivity contribution in [1.29, 1.82) is 0 Å². The number of nitrogens with one attached hydrogen (secondary N) is 3. The summed E-state index contributed by atoms with van der Waals surface area (Å²) in [6.07, 6.45) is 1.58. The number of hydrazone groups is 1. The summed E-state index contributed by atoms with van der Waals surface area (Å²) in [6, 6.07) is 16.7. The first-order valence-electron chi connectivity index (χ1n) is 11.0. The molecule has 0 radical (unpaired) electrons. The molecule has 0 aliphatic carbocycles. The van der Waals surface area contributed by atoms with Gasteiger partial charge in [0.2, 0.25) is 24.6 Å². The summed E-state index contributed by atoms with van der Waals surface area (Å²) in [5.74, 6) is 2.54. The largest absolute Gasteiger partial charge is 0.497 e. The number of non-ortho nitro benzene ring substituents is 1. The number of nitrogens with zero attached hydrogens (tertiary/aromatic N) is 5. The lowest BCUT2D eigenvalue weighted by atomic mass is 10.2. The number of nitro benzene ring substituents is 1. The van der Waals surface area contributed by atoms with Crippen LogP contribution in [0.25, 0.3) is 0 Å². The van der Waals surface area contributed by atoms with Crippen LogP contribution >= 0.6 is 15.9 Å². The molecule has 0 spiro atoms. The molecule has 2 heterocycles. The normalized spacial score (nSPS) is 11.8. The second-order valence-electron chi connectivity index (χ2n) is 7.69. The van der Waals surface area contributed by atoms with Gasteiger partial charge in [0, 0.05) is 33.5 Å². The van der Waals surface area contributed by atoms with Gasteiger partial charge in [-0.2, -0.15) is 20.1 Å². The van der Waals surface area contributed by atoms with Crippen LogP contribution in [0.5, 0.6) is 17.2 Å². The van der Waals surface area contributed by atoms with E-state index in [9.17, 15) is 10.1 Å². The van der Waals surface area contributed by atoms with Gasteiger partial charge in [-0.1, -0.05) is 0 Å². The van der Waals surface area contributed by atoms with E-state index in [0.717, 1.165) is 15.7 Å². The third-order valence-corrected chi connectivity index (χ3v) is 5.86. The highest BCUT2D eigenvalue weighted by atomic mass is 79.9. The van der Waals surface area contributed by atoms with E-state index in [1.807, 2.05) is 12.1 Å². The number of benzene rings is 3. The summed E-state index contributed by atoms with van der Waals surface area (Å²) in [5, 5.41) is 21.3. The Hall–Kier alpha value is -4.98.